The van der Waals surface area contributed by atoms with E-state index < -0.39 is 0 Å². The maximum atomic E-state index is 5.22. The van der Waals surface area contributed by atoms with Gasteiger partial charge in [-0.15, -0.1) is 0 Å². The number of hydrogen-bond donors (Lipinski definition) is 1. The molecule has 0 saturated carbocycles. The minimum absolute atomic E-state index is 0.277. The predicted molar refractivity (Wildman–Crippen MR) is 74.3 cm³/mol. The molecule has 18 heavy (non-hydrogen) atoms. The standard InChI is InChI=1S/C13H23N3O2/c1-11(10-18-4)16(5-6-17-3)13-7-12(14-2)8-15-9-13/h7-9,11,14H,5-6,10H2,1-4H3. The SMILES string of the molecule is CNc1cncc(N(CCOC)C(C)COC)c1. The topological polar surface area (TPSA) is 46.6 Å². The molecule has 1 aromatic rings. The van der Waals surface area contributed by atoms with Crippen LogP contribution < -0.4 is 10.2 Å². The molecule has 0 aliphatic rings. The first-order valence-corrected chi connectivity index (χ1v) is 6.10. The van der Waals surface area contributed by atoms with Crippen molar-refractivity contribution in [1.82, 2.24) is 4.98 Å². The summed E-state index contributed by atoms with van der Waals surface area (Å²) >= 11 is 0. The fraction of sp³-hybridized carbons (Fsp3) is 0.615. The van der Waals surface area contributed by atoms with Gasteiger partial charge >= 0.3 is 0 Å². The summed E-state index contributed by atoms with van der Waals surface area (Å²) in [6.45, 7) is 4.30. The van der Waals surface area contributed by atoms with Crippen LogP contribution in [0.1, 0.15) is 6.92 Å². The average molecular weight is 253 g/mol. The minimum Gasteiger partial charge on any atom is -0.387 e. The van der Waals surface area contributed by atoms with Gasteiger partial charge in [-0.3, -0.25) is 4.98 Å². The van der Waals surface area contributed by atoms with Gasteiger partial charge in [0.15, 0.2) is 0 Å². The highest BCUT2D eigenvalue weighted by molar-refractivity contribution is 5.55. The first-order valence-electron chi connectivity index (χ1n) is 6.10. The smallest absolute Gasteiger partial charge is 0.0663 e. The number of pyridine rings is 1. The third kappa shape index (κ3) is 4.16. The Balaban J connectivity index is 2.85. The number of aromatic nitrogens is 1. The summed E-state index contributed by atoms with van der Waals surface area (Å²) in [5.74, 6) is 0. The Morgan fingerprint density at radius 2 is 2.11 bits per heavy atom. The maximum absolute atomic E-state index is 5.22. The summed E-state index contributed by atoms with van der Waals surface area (Å²) in [5, 5.41) is 3.10. The van der Waals surface area contributed by atoms with E-state index in [1.807, 2.05) is 13.2 Å². The Labute approximate surface area is 109 Å². The molecule has 0 aliphatic heterocycles. The van der Waals surface area contributed by atoms with Crippen molar-refractivity contribution >= 4 is 11.4 Å². The number of anilines is 2. The lowest BCUT2D eigenvalue weighted by Crippen LogP contribution is -2.38. The summed E-state index contributed by atoms with van der Waals surface area (Å²) in [6.07, 6.45) is 3.67. The van der Waals surface area contributed by atoms with Gasteiger partial charge in [-0.1, -0.05) is 0 Å². The summed E-state index contributed by atoms with van der Waals surface area (Å²) in [4.78, 5) is 6.48. The van der Waals surface area contributed by atoms with Crippen molar-refractivity contribution in [2.45, 2.75) is 13.0 Å². The molecule has 1 N–H and O–H groups in total. The second-order valence-corrected chi connectivity index (χ2v) is 4.17. The number of nitrogens with zero attached hydrogens (tertiary/aromatic N) is 2. The molecule has 102 valence electrons. The molecule has 5 nitrogen and oxygen atoms in total. The van der Waals surface area contributed by atoms with Gasteiger partial charge in [0.1, 0.15) is 0 Å². The van der Waals surface area contributed by atoms with Crippen molar-refractivity contribution in [1.29, 1.82) is 0 Å². The molecular weight excluding hydrogens is 230 g/mol. The van der Waals surface area contributed by atoms with Crippen LogP contribution in [0.4, 0.5) is 11.4 Å². The molecule has 1 unspecified atom stereocenters. The summed E-state index contributed by atoms with van der Waals surface area (Å²) in [5.41, 5.74) is 2.07. The molecule has 0 saturated heterocycles. The van der Waals surface area contributed by atoms with Crippen molar-refractivity contribution in [2.75, 3.05) is 51.2 Å². The van der Waals surface area contributed by atoms with E-state index >= 15 is 0 Å². The van der Waals surface area contributed by atoms with Gasteiger partial charge in [0.25, 0.3) is 0 Å². The minimum atomic E-state index is 0.277. The normalized spacial score (nSPS) is 12.2. The van der Waals surface area contributed by atoms with E-state index in [-0.39, 0.29) is 6.04 Å². The monoisotopic (exact) mass is 253 g/mol. The van der Waals surface area contributed by atoms with Gasteiger partial charge in [0.05, 0.1) is 37.0 Å². The molecular formula is C13H23N3O2. The van der Waals surface area contributed by atoms with E-state index in [0.717, 1.165) is 17.9 Å². The van der Waals surface area contributed by atoms with Crippen LogP contribution in [0.25, 0.3) is 0 Å². The summed E-state index contributed by atoms with van der Waals surface area (Å²) in [6, 6.07) is 2.36. The zero-order valence-electron chi connectivity index (χ0n) is 11.6. The average Bonchev–Trinajstić information content (AvgIpc) is 2.40. The Bertz CT molecular complexity index is 347. The van der Waals surface area contributed by atoms with Crippen LogP contribution in [0.2, 0.25) is 0 Å². The van der Waals surface area contributed by atoms with E-state index in [0.29, 0.717) is 13.2 Å². The van der Waals surface area contributed by atoms with Crippen LogP contribution in [0, 0.1) is 0 Å². The zero-order chi connectivity index (χ0) is 13.4. The van der Waals surface area contributed by atoms with Crippen LogP contribution in [0.3, 0.4) is 0 Å². The lowest BCUT2D eigenvalue weighted by Gasteiger charge is -2.30. The molecule has 1 heterocycles. The molecule has 0 bridgehead atoms. The van der Waals surface area contributed by atoms with Gasteiger partial charge in [-0.25, -0.2) is 0 Å². The van der Waals surface area contributed by atoms with Crippen LogP contribution in [0.5, 0.6) is 0 Å². The van der Waals surface area contributed by atoms with Crippen molar-refractivity contribution in [3.05, 3.63) is 18.5 Å². The highest BCUT2D eigenvalue weighted by atomic mass is 16.5. The second kappa shape index (κ2) is 7.89. The number of rotatable bonds is 8. The van der Waals surface area contributed by atoms with Crippen LogP contribution in [-0.2, 0) is 9.47 Å². The van der Waals surface area contributed by atoms with Crippen molar-refractivity contribution < 1.29 is 9.47 Å². The molecule has 0 aromatic carbocycles. The Morgan fingerprint density at radius 3 is 2.72 bits per heavy atom. The molecule has 1 rings (SSSR count). The third-order valence-corrected chi connectivity index (χ3v) is 2.82. The molecule has 5 heteroatoms. The molecule has 0 fully saturated rings. The Hall–Kier alpha value is -1.33. The molecule has 0 aliphatic carbocycles. The fourth-order valence-electron chi connectivity index (χ4n) is 1.85. The summed E-state index contributed by atoms with van der Waals surface area (Å²) < 4.78 is 10.4. The maximum Gasteiger partial charge on any atom is 0.0663 e. The van der Waals surface area contributed by atoms with Gasteiger partial charge in [0, 0.05) is 33.9 Å². The Kier molecular flexibility index (Phi) is 6.46. The molecule has 0 amide bonds. The molecule has 0 spiro atoms. The second-order valence-electron chi connectivity index (χ2n) is 4.17. The zero-order valence-corrected chi connectivity index (χ0v) is 11.6. The van der Waals surface area contributed by atoms with E-state index in [4.69, 9.17) is 9.47 Å². The number of methoxy groups -OCH3 is 2. The number of ether oxygens (including phenoxy) is 2. The molecule has 1 aromatic heterocycles. The lowest BCUT2D eigenvalue weighted by atomic mass is 10.2. The van der Waals surface area contributed by atoms with Crippen molar-refractivity contribution in [2.24, 2.45) is 0 Å². The lowest BCUT2D eigenvalue weighted by molar-refractivity contribution is 0.171. The van der Waals surface area contributed by atoms with Gasteiger partial charge in [0.2, 0.25) is 0 Å². The first-order chi connectivity index (χ1) is 8.72. The number of hydrogen-bond acceptors (Lipinski definition) is 5. The van der Waals surface area contributed by atoms with Gasteiger partial charge in [-0.2, -0.15) is 0 Å². The van der Waals surface area contributed by atoms with Gasteiger partial charge in [-0.05, 0) is 13.0 Å². The Morgan fingerprint density at radius 1 is 1.33 bits per heavy atom. The van der Waals surface area contributed by atoms with Crippen LogP contribution in [-0.4, -0.2) is 52.1 Å². The quantitative estimate of drug-likeness (QED) is 0.762. The highest BCUT2D eigenvalue weighted by Gasteiger charge is 2.14. The van der Waals surface area contributed by atoms with Crippen LogP contribution >= 0.6 is 0 Å². The van der Waals surface area contributed by atoms with E-state index in [9.17, 15) is 0 Å². The predicted octanol–water partition coefficient (Wildman–Crippen LogP) is 1.61. The van der Waals surface area contributed by atoms with Crippen molar-refractivity contribution in [3.63, 3.8) is 0 Å². The number of nitrogens with one attached hydrogen (secondary N) is 1. The summed E-state index contributed by atoms with van der Waals surface area (Å²) in [7, 11) is 5.31. The largest absolute Gasteiger partial charge is 0.387 e. The fourth-order valence-corrected chi connectivity index (χ4v) is 1.85. The van der Waals surface area contributed by atoms with Gasteiger partial charge < -0.3 is 19.7 Å². The third-order valence-electron chi connectivity index (χ3n) is 2.82. The van der Waals surface area contributed by atoms with E-state index in [2.05, 4.69) is 28.2 Å². The molecule has 0 radical (unpaired) electrons. The van der Waals surface area contributed by atoms with E-state index in [1.54, 1.807) is 20.4 Å². The molecule has 1 atom stereocenters. The van der Waals surface area contributed by atoms with Crippen molar-refractivity contribution in [3.8, 4) is 0 Å². The first kappa shape index (κ1) is 14.7. The highest BCUT2D eigenvalue weighted by Crippen LogP contribution is 2.19. The van der Waals surface area contributed by atoms with E-state index in [1.165, 1.54) is 0 Å². The van der Waals surface area contributed by atoms with Crippen LogP contribution in [0.15, 0.2) is 18.5 Å².